The van der Waals surface area contributed by atoms with Gasteiger partial charge in [-0.25, -0.2) is 0 Å². The molecule has 0 saturated carbocycles. The minimum atomic E-state index is 0. The molecule has 0 heterocycles. The molecule has 0 aliphatic rings. The fourth-order valence-electron chi connectivity index (χ4n) is 0. The molecular weight excluding hydrogens is 325 g/mol. The van der Waals surface area contributed by atoms with E-state index < -0.39 is 0 Å². The molecule has 0 saturated heterocycles. The standard InChI is InChI=1S/Ce.ClH.HI.Na/h;2*1H;/q+1;;;+1/p-2. The molecule has 0 N–H and O–H groups in total. The van der Waals surface area contributed by atoms with Gasteiger partial charge in [-0.15, -0.1) is 0 Å². The van der Waals surface area contributed by atoms with Gasteiger partial charge in [0.15, 0.2) is 0 Å². The predicted molar refractivity (Wildman–Crippen MR) is 5.85 cm³/mol. The van der Waals surface area contributed by atoms with Crippen molar-refractivity contribution in [3.05, 3.63) is 0 Å². The summed E-state index contributed by atoms with van der Waals surface area (Å²) >= 11 is 0.778. The topological polar surface area (TPSA) is 0 Å². The third-order valence-electron chi connectivity index (χ3n) is 0. The Kier molecular flexibility index (Phi) is 63.2. The van der Waals surface area contributed by atoms with E-state index >= 15 is 0 Å². The second kappa shape index (κ2) is 16.1. The summed E-state index contributed by atoms with van der Waals surface area (Å²) in [5.41, 5.74) is 4.78. The van der Waals surface area contributed by atoms with Crippen LogP contribution in [0.1, 0.15) is 0 Å². The van der Waals surface area contributed by atoms with E-state index in [1.54, 1.807) is 0 Å². The van der Waals surface area contributed by atoms with Gasteiger partial charge in [-0.2, -0.15) is 0 Å². The van der Waals surface area contributed by atoms with Crippen LogP contribution in [-0.2, 0) is 0 Å². The summed E-state index contributed by atoms with van der Waals surface area (Å²) in [6.45, 7) is 0. The third-order valence-corrected chi connectivity index (χ3v) is 0. The molecule has 0 aromatic rings. The van der Waals surface area contributed by atoms with E-state index in [4.69, 9.17) is 5.63 Å². The van der Waals surface area contributed by atoms with Crippen LogP contribution < -0.4 is 53.5 Å². The Morgan fingerprint density at radius 2 is 1.25 bits per heavy atom. The van der Waals surface area contributed by atoms with E-state index in [0.717, 1.165) is 38.1 Å². The van der Waals surface area contributed by atoms with Crippen LogP contribution in [0.25, 0.3) is 0 Å². The molecule has 19 valence electrons. The number of halogens is 2. The first kappa shape index (κ1) is 15.7. The van der Waals surface area contributed by atoms with E-state index in [-0.39, 0.29) is 53.5 Å². The van der Waals surface area contributed by atoms with Crippen LogP contribution >= 0.6 is 5.63 Å². The molecule has 4 heavy (non-hydrogen) atoms. The molecular formula is CeClINa. The Morgan fingerprint density at radius 1 is 1.25 bits per heavy atom. The summed E-state index contributed by atoms with van der Waals surface area (Å²) in [5.74, 6) is 0. The van der Waals surface area contributed by atoms with Crippen molar-refractivity contribution in [1.29, 1.82) is 0 Å². The summed E-state index contributed by atoms with van der Waals surface area (Å²) in [6, 6.07) is 0. The zero-order valence-corrected chi connectivity index (χ0v) is 10.3. The maximum atomic E-state index is 4.78. The summed E-state index contributed by atoms with van der Waals surface area (Å²) in [7, 11) is 0. The van der Waals surface area contributed by atoms with Crippen LogP contribution in [0.2, 0.25) is 0 Å². The Hall–Kier alpha value is 3.40. The van der Waals surface area contributed by atoms with Crippen molar-refractivity contribution in [2.24, 2.45) is 0 Å². The van der Waals surface area contributed by atoms with Gasteiger partial charge >= 0.3 is 73.2 Å². The van der Waals surface area contributed by atoms with Crippen molar-refractivity contribution in [3.8, 4) is 0 Å². The summed E-state index contributed by atoms with van der Waals surface area (Å²) < 4.78 is 0. The van der Waals surface area contributed by atoms with Crippen LogP contribution in [0.15, 0.2) is 0 Å². The minimum absolute atomic E-state index is 0. The van der Waals surface area contributed by atoms with Gasteiger partial charge < -0.3 is 24.0 Å². The zero-order valence-electron chi connectivity index (χ0n) is 2.26. The molecule has 0 fully saturated rings. The summed E-state index contributed by atoms with van der Waals surface area (Å²) in [5, 5.41) is 0. The molecule has 4 heteroatoms. The van der Waals surface area contributed by atoms with Crippen molar-refractivity contribution in [1.82, 2.24) is 0 Å². The van der Waals surface area contributed by atoms with E-state index in [1.165, 1.54) is 0 Å². The zero-order chi connectivity index (χ0) is 2.00. The first-order valence-electron chi connectivity index (χ1n) is 0.189. The predicted octanol–water partition coefficient (Wildman–Crippen LogP) is -5.30. The molecule has 0 amide bonds. The summed E-state index contributed by atoms with van der Waals surface area (Å²) in [6.07, 6.45) is 0. The monoisotopic (exact) mass is 325 g/mol. The number of hydrogen-bond acceptors (Lipinski definition) is 0. The van der Waals surface area contributed by atoms with E-state index in [1.807, 2.05) is 0 Å². The largest absolute Gasteiger partial charge is 1.00 e. The van der Waals surface area contributed by atoms with Crippen molar-refractivity contribution < 1.29 is 91.6 Å². The molecule has 0 rings (SSSR count). The molecule has 0 aromatic heterocycles. The van der Waals surface area contributed by atoms with Gasteiger partial charge in [0.25, 0.3) is 0 Å². The first-order chi connectivity index (χ1) is 1.00. The van der Waals surface area contributed by atoms with Gasteiger partial charge in [-0.05, 0) is 0 Å². The van der Waals surface area contributed by atoms with Gasteiger partial charge in [0, 0.05) is 0 Å². The molecule has 0 atom stereocenters. The Labute approximate surface area is 94.5 Å². The fraction of sp³-hybridized carbons (Fsp3) is 0. The van der Waals surface area contributed by atoms with Crippen LogP contribution in [0.3, 0.4) is 0 Å². The smallest absolute Gasteiger partial charge is 1.00 e. The van der Waals surface area contributed by atoms with Crippen molar-refractivity contribution >= 4 is 5.63 Å². The molecule has 0 aliphatic carbocycles. The minimum Gasteiger partial charge on any atom is -1.00 e. The quantitative estimate of drug-likeness (QED) is 0.308. The van der Waals surface area contributed by atoms with Gasteiger partial charge in [-0.1, -0.05) is 0 Å². The Balaban J connectivity index is -0.00000000500. The molecule has 0 bridgehead atoms. The average molecular weight is 325 g/mol. The van der Waals surface area contributed by atoms with Gasteiger partial charge in [0.05, 0.1) is 0 Å². The number of hydrogen-bond donors (Lipinski definition) is 0. The Bertz CT molecular complexity index is 8.00. The maximum absolute atomic E-state index is 4.78. The SMILES string of the molecule is [Cl][Ce].[I-].[Na+]. The number of rotatable bonds is 0. The van der Waals surface area contributed by atoms with Gasteiger partial charge in [0.1, 0.15) is 0 Å². The van der Waals surface area contributed by atoms with E-state index in [0.29, 0.717) is 0 Å². The fourth-order valence-corrected chi connectivity index (χ4v) is 0. The Morgan fingerprint density at radius 3 is 1.25 bits per heavy atom. The van der Waals surface area contributed by atoms with Crippen LogP contribution in [0.4, 0.5) is 0 Å². The summed E-state index contributed by atoms with van der Waals surface area (Å²) in [4.78, 5) is 0. The first-order valence-corrected chi connectivity index (χ1v) is 4.13. The molecule has 0 aliphatic heterocycles. The van der Waals surface area contributed by atoms with Crippen molar-refractivity contribution in [2.45, 2.75) is 0 Å². The van der Waals surface area contributed by atoms with Gasteiger partial charge in [0.2, 0.25) is 0 Å². The van der Waals surface area contributed by atoms with Crippen LogP contribution in [-0.4, -0.2) is 0 Å². The normalized spacial score (nSPS) is 1.00. The molecule has 0 spiro atoms. The van der Waals surface area contributed by atoms with E-state index in [9.17, 15) is 0 Å². The van der Waals surface area contributed by atoms with Gasteiger partial charge in [-0.3, -0.25) is 0 Å². The van der Waals surface area contributed by atoms with Crippen LogP contribution in [0, 0.1) is 38.1 Å². The van der Waals surface area contributed by atoms with E-state index in [2.05, 4.69) is 0 Å². The average Bonchev–Trinajstić information content (AvgIpc) is 1.00. The molecule has 0 aromatic carbocycles. The second-order valence-electron chi connectivity index (χ2n) is 0. The second-order valence-corrected chi connectivity index (χ2v) is 0. The van der Waals surface area contributed by atoms with Crippen molar-refractivity contribution in [3.63, 3.8) is 0 Å². The molecule has 0 unspecified atom stereocenters. The van der Waals surface area contributed by atoms with Crippen LogP contribution in [0.5, 0.6) is 0 Å². The van der Waals surface area contributed by atoms with Crippen molar-refractivity contribution in [2.75, 3.05) is 0 Å². The third kappa shape index (κ3) is 9.04. The maximum Gasteiger partial charge on any atom is 1.00 e. The molecule has 0 radical (unpaired) electrons. The molecule has 0 nitrogen and oxygen atoms in total.